The molecule has 0 spiro atoms. The largest absolute Gasteiger partial charge is 0.390 e. The Bertz CT molecular complexity index is 373. The van der Waals surface area contributed by atoms with E-state index in [-0.39, 0.29) is 0 Å². The summed E-state index contributed by atoms with van der Waals surface area (Å²) in [4.78, 5) is 0. The van der Waals surface area contributed by atoms with Gasteiger partial charge in [-0.15, -0.1) is 0 Å². The van der Waals surface area contributed by atoms with Gasteiger partial charge in [-0.2, -0.15) is 0 Å². The molecule has 18 heavy (non-hydrogen) atoms. The monoisotopic (exact) mass is 358 g/mol. The number of hydrogen-bond acceptors (Lipinski definition) is 1. The van der Waals surface area contributed by atoms with Gasteiger partial charge in [-0.25, -0.2) is 0 Å². The van der Waals surface area contributed by atoms with Crippen LogP contribution in [0, 0.1) is 9.49 Å². The van der Waals surface area contributed by atoms with Crippen LogP contribution in [0.25, 0.3) is 0 Å². The van der Waals surface area contributed by atoms with Crippen LogP contribution in [0.5, 0.6) is 0 Å². The van der Waals surface area contributed by atoms with Crippen molar-refractivity contribution in [3.05, 3.63) is 33.4 Å². The average molecular weight is 358 g/mol. The average Bonchev–Trinajstić information content (AvgIpc) is 2.54. The summed E-state index contributed by atoms with van der Waals surface area (Å²) in [6.45, 7) is 2.27. The fourth-order valence-electron chi connectivity index (χ4n) is 3.03. The normalized spacial score (nSPS) is 28.9. The molecule has 2 unspecified atom stereocenters. The number of aliphatic hydroxyl groups is 1. The maximum absolute atomic E-state index is 10.8. The molecule has 0 aromatic heterocycles. The van der Waals surface area contributed by atoms with Crippen LogP contribution in [0.15, 0.2) is 24.3 Å². The molecule has 2 rings (SSSR count). The lowest BCUT2D eigenvalue weighted by Crippen LogP contribution is -2.30. The zero-order valence-corrected chi connectivity index (χ0v) is 13.3. The molecule has 1 aromatic rings. The van der Waals surface area contributed by atoms with E-state index < -0.39 is 5.60 Å². The minimum absolute atomic E-state index is 0.462. The van der Waals surface area contributed by atoms with Crippen molar-refractivity contribution in [2.75, 3.05) is 0 Å². The number of hydrogen-bond donors (Lipinski definition) is 1. The van der Waals surface area contributed by atoms with Crippen LogP contribution in [0.1, 0.15) is 51.0 Å². The lowest BCUT2D eigenvalue weighted by atomic mass is 9.87. The SMILES string of the molecule is CCC1CCCC(O)(Cc2ccc(I)cc2)CC1. The molecule has 1 aliphatic rings. The Morgan fingerprint density at radius 2 is 1.94 bits per heavy atom. The summed E-state index contributed by atoms with van der Waals surface area (Å²) in [5, 5.41) is 10.8. The smallest absolute Gasteiger partial charge is 0.0688 e. The highest BCUT2D eigenvalue weighted by Crippen LogP contribution is 2.34. The predicted molar refractivity (Wildman–Crippen MR) is 84.7 cm³/mol. The van der Waals surface area contributed by atoms with Crippen LogP contribution in [0.2, 0.25) is 0 Å². The minimum Gasteiger partial charge on any atom is -0.390 e. The Morgan fingerprint density at radius 3 is 2.61 bits per heavy atom. The first-order valence-corrected chi connectivity index (χ1v) is 8.16. The minimum atomic E-state index is -0.462. The van der Waals surface area contributed by atoms with Crippen molar-refractivity contribution in [1.29, 1.82) is 0 Å². The van der Waals surface area contributed by atoms with E-state index in [0.717, 1.165) is 25.2 Å². The zero-order chi connectivity index (χ0) is 13.0. The van der Waals surface area contributed by atoms with Crippen molar-refractivity contribution in [2.24, 2.45) is 5.92 Å². The molecular weight excluding hydrogens is 335 g/mol. The van der Waals surface area contributed by atoms with E-state index in [1.807, 2.05) is 0 Å². The summed E-state index contributed by atoms with van der Waals surface area (Å²) in [6.07, 6.45) is 7.69. The molecule has 0 amide bonds. The second-order valence-electron chi connectivity index (χ2n) is 5.73. The van der Waals surface area contributed by atoms with Gasteiger partial charge in [-0.3, -0.25) is 0 Å². The Balaban J connectivity index is 2.00. The third kappa shape index (κ3) is 3.95. The summed E-state index contributed by atoms with van der Waals surface area (Å²) < 4.78 is 1.26. The third-order valence-electron chi connectivity index (χ3n) is 4.30. The second kappa shape index (κ2) is 6.38. The van der Waals surface area contributed by atoms with Crippen molar-refractivity contribution in [1.82, 2.24) is 0 Å². The van der Waals surface area contributed by atoms with Crippen molar-refractivity contribution in [2.45, 2.75) is 57.5 Å². The van der Waals surface area contributed by atoms with Gasteiger partial charge in [-0.1, -0.05) is 38.3 Å². The lowest BCUT2D eigenvalue weighted by molar-refractivity contribution is 0.0242. The predicted octanol–water partition coefficient (Wildman–Crippen LogP) is 4.56. The van der Waals surface area contributed by atoms with E-state index in [9.17, 15) is 5.11 Å². The van der Waals surface area contributed by atoms with Crippen LogP contribution >= 0.6 is 22.6 Å². The van der Waals surface area contributed by atoms with Crippen LogP contribution in [-0.2, 0) is 6.42 Å². The van der Waals surface area contributed by atoms with Crippen molar-refractivity contribution < 1.29 is 5.11 Å². The highest BCUT2D eigenvalue weighted by atomic mass is 127. The van der Waals surface area contributed by atoms with Crippen LogP contribution < -0.4 is 0 Å². The highest BCUT2D eigenvalue weighted by Gasteiger charge is 2.30. The fourth-order valence-corrected chi connectivity index (χ4v) is 3.39. The summed E-state index contributed by atoms with van der Waals surface area (Å²) in [6, 6.07) is 8.57. The first-order chi connectivity index (χ1) is 8.61. The van der Waals surface area contributed by atoms with Gasteiger partial charge < -0.3 is 5.11 Å². The van der Waals surface area contributed by atoms with Gasteiger partial charge in [0.2, 0.25) is 0 Å². The Morgan fingerprint density at radius 1 is 1.22 bits per heavy atom. The van der Waals surface area contributed by atoms with Crippen molar-refractivity contribution in [3.63, 3.8) is 0 Å². The van der Waals surface area contributed by atoms with Gasteiger partial charge in [0, 0.05) is 9.99 Å². The van der Waals surface area contributed by atoms with Gasteiger partial charge in [-0.05, 0) is 65.5 Å². The van der Waals surface area contributed by atoms with E-state index in [4.69, 9.17) is 0 Å². The van der Waals surface area contributed by atoms with Crippen molar-refractivity contribution >= 4 is 22.6 Å². The number of halogens is 1. The molecule has 1 saturated carbocycles. The fraction of sp³-hybridized carbons (Fsp3) is 0.625. The maximum Gasteiger partial charge on any atom is 0.0688 e. The maximum atomic E-state index is 10.8. The van der Waals surface area contributed by atoms with E-state index in [1.165, 1.54) is 34.8 Å². The van der Waals surface area contributed by atoms with E-state index in [0.29, 0.717) is 0 Å². The van der Waals surface area contributed by atoms with Gasteiger partial charge in [0.05, 0.1) is 5.60 Å². The molecule has 1 fully saturated rings. The van der Waals surface area contributed by atoms with Gasteiger partial charge in [0.15, 0.2) is 0 Å². The van der Waals surface area contributed by atoms with Crippen LogP contribution in [0.3, 0.4) is 0 Å². The standard InChI is InChI=1S/C16H23IO/c1-2-13-4-3-10-16(18,11-9-13)12-14-5-7-15(17)8-6-14/h5-8,13,18H,2-4,9-12H2,1H3. The Hall–Kier alpha value is -0.0900. The second-order valence-corrected chi connectivity index (χ2v) is 6.98. The molecule has 100 valence electrons. The molecule has 0 heterocycles. The number of rotatable bonds is 3. The van der Waals surface area contributed by atoms with E-state index in [2.05, 4.69) is 53.8 Å². The quantitative estimate of drug-likeness (QED) is 0.621. The van der Waals surface area contributed by atoms with Gasteiger partial charge in [0.1, 0.15) is 0 Å². The Labute approximate surface area is 124 Å². The number of benzene rings is 1. The molecule has 0 bridgehead atoms. The molecule has 1 aliphatic carbocycles. The molecule has 2 heteroatoms. The first kappa shape index (κ1) is 14.3. The molecule has 1 nitrogen and oxygen atoms in total. The van der Waals surface area contributed by atoms with Crippen LogP contribution in [-0.4, -0.2) is 10.7 Å². The summed E-state index contributed by atoms with van der Waals surface area (Å²) in [7, 11) is 0. The molecule has 0 aliphatic heterocycles. The summed E-state index contributed by atoms with van der Waals surface area (Å²) >= 11 is 2.32. The molecule has 1 N–H and O–H groups in total. The molecule has 1 aromatic carbocycles. The van der Waals surface area contributed by atoms with E-state index in [1.54, 1.807) is 0 Å². The Kier molecular flexibility index (Phi) is 5.07. The summed E-state index contributed by atoms with van der Waals surface area (Å²) in [5.41, 5.74) is 0.810. The first-order valence-electron chi connectivity index (χ1n) is 7.08. The summed E-state index contributed by atoms with van der Waals surface area (Å²) in [5.74, 6) is 0.829. The van der Waals surface area contributed by atoms with Gasteiger partial charge >= 0.3 is 0 Å². The molecule has 0 saturated heterocycles. The zero-order valence-electron chi connectivity index (χ0n) is 11.2. The lowest BCUT2D eigenvalue weighted by Gasteiger charge is -2.27. The van der Waals surface area contributed by atoms with E-state index >= 15 is 0 Å². The molecular formula is C16H23IO. The van der Waals surface area contributed by atoms with Gasteiger partial charge in [0.25, 0.3) is 0 Å². The van der Waals surface area contributed by atoms with Crippen molar-refractivity contribution in [3.8, 4) is 0 Å². The highest BCUT2D eigenvalue weighted by molar-refractivity contribution is 14.1. The van der Waals surface area contributed by atoms with Crippen LogP contribution in [0.4, 0.5) is 0 Å². The molecule has 0 radical (unpaired) electrons. The topological polar surface area (TPSA) is 20.2 Å². The third-order valence-corrected chi connectivity index (χ3v) is 5.02. The molecule has 2 atom stereocenters.